The lowest BCUT2D eigenvalue weighted by molar-refractivity contribution is 0.505. The molecule has 0 amide bonds. The van der Waals surface area contributed by atoms with Crippen LogP contribution < -0.4 is 16.6 Å². The summed E-state index contributed by atoms with van der Waals surface area (Å²) in [6.45, 7) is 4.13. The lowest BCUT2D eigenvalue weighted by atomic mass is 10.0. The van der Waals surface area contributed by atoms with Gasteiger partial charge in [0.2, 0.25) is 5.95 Å². The fourth-order valence-electron chi connectivity index (χ4n) is 3.27. The molecule has 0 bridgehead atoms. The minimum Gasteiger partial charge on any atom is -0.368 e. The summed E-state index contributed by atoms with van der Waals surface area (Å²) in [5.74, 6) is 0.120. The van der Waals surface area contributed by atoms with E-state index >= 15 is 0 Å². The summed E-state index contributed by atoms with van der Waals surface area (Å²) in [5, 5.41) is 7.80. The van der Waals surface area contributed by atoms with Crippen molar-refractivity contribution in [1.82, 2.24) is 24.7 Å². The Morgan fingerprint density at radius 3 is 2.53 bits per heavy atom. The third-order valence-corrected chi connectivity index (χ3v) is 4.78. The van der Waals surface area contributed by atoms with E-state index in [-0.39, 0.29) is 23.4 Å². The SMILES string of the molecule is CC(C)n1nc(-c2c(NCc3ccccn3)nc(N)nc2-c2ccc(F)cc2)ccc1=O. The number of hydrogen-bond donors (Lipinski definition) is 2. The van der Waals surface area contributed by atoms with Gasteiger partial charge in [0.25, 0.3) is 5.56 Å². The number of nitrogens with zero attached hydrogens (tertiary/aromatic N) is 5. The monoisotopic (exact) mass is 431 g/mol. The van der Waals surface area contributed by atoms with Crippen molar-refractivity contribution in [1.29, 1.82) is 0 Å². The first kappa shape index (κ1) is 21.1. The highest BCUT2D eigenvalue weighted by Crippen LogP contribution is 2.35. The van der Waals surface area contributed by atoms with Gasteiger partial charge >= 0.3 is 0 Å². The summed E-state index contributed by atoms with van der Waals surface area (Å²) >= 11 is 0. The molecule has 0 unspecified atom stereocenters. The molecule has 0 saturated heterocycles. The molecule has 0 saturated carbocycles. The van der Waals surface area contributed by atoms with Gasteiger partial charge in [0.1, 0.15) is 11.6 Å². The van der Waals surface area contributed by atoms with Gasteiger partial charge in [-0.25, -0.2) is 14.1 Å². The van der Waals surface area contributed by atoms with E-state index in [0.717, 1.165) is 5.69 Å². The maximum Gasteiger partial charge on any atom is 0.267 e. The summed E-state index contributed by atoms with van der Waals surface area (Å²) in [7, 11) is 0. The molecule has 32 heavy (non-hydrogen) atoms. The van der Waals surface area contributed by atoms with Gasteiger partial charge in [-0.3, -0.25) is 9.78 Å². The van der Waals surface area contributed by atoms with Crippen molar-refractivity contribution >= 4 is 11.8 Å². The Bertz CT molecular complexity index is 1290. The van der Waals surface area contributed by atoms with E-state index in [2.05, 4.69) is 25.4 Å². The summed E-state index contributed by atoms with van der Waals surface area (Å²) in [6.07, 6.45) is 1.70. The summed E-state index contributed by atoms with van der Waals surface area (Å²) in [4.78, 5) is 25.4. The largest absolute Gasteiger partial charge is 0.368 e. The average molecular weight is 431 g/mol. The normalized spacial score (nSPS) is 11.0. The Morgan fingerprint density at radius 1 is 1.06 bits per heavy atom. The molecule has 1 aromatic carbocycles. The number of pyridine rings is 1. The second-order valence-electron chi connectivity index (χ2n) is 7.43. The molecule has 9 heteroatoms. The van der Waals surface area contributed by atoms with Crippen LogP contribution in [0, 0.1) is 5.82 Å². The maximum atomic E-state index is 13.6. The van der Waals surface area contributed by atoms with Gasteiger partial charge in [-0.2, -0.15) is 10.1 Å². The molecule has 0 aliphatic heterocycles. The Hall–Kier alpha value is -4.14. The fourth-order valence-corrected chi connectivity index (χ4v) is 3.27. The predicted octanol–water partition coefficient (Wildman–Crippen LogP) is 3.68. The van der Waals surface area contributed by atoms with Gasteiger partial charge in [-0.1, -0.05) is 6.07 Å². The molecular formula is C23H22FN7O. The van der Waals surface area contributed by atoms with Gasteiger partial charge in [0.15, 0.2) is 0 Å². The first-order valence-electron chi connectivity index (χ1n) is 10.1. The molecule has 3 N–H and O–H groups in total. The zero-order chi connectivity index (χ0) is 22.7. The van der Waals surface area contributed by atoms with Gasteiger partial charge in [-0.05, 0) is 56.3 Å². The van der Waals surface area contributed by atoms with Crippen LogP contribution in [-0.4, -0.2) is 24.7 Å². The van der Waals surface area contributed by atoms with E-state index in [4.69, 9.17) is 5.73 Å². The number of aromatic nitrogens is 5. The van der Waals surface area contributed by atoms with Gasteiger partial charge in [0.05, 0.1) is 35.2 Å². The van der Waals surface area contributed by atoms with Gasteiger partial charge in [0, 0.05) is 17.8 Å². The van der Waals surface area contributed by atoms with Gasteiger partial charge < -0.3 is 11.1 Å². The molecule has 0 aliphatic rings. The molecule has 162 valence electrons. The molecule has 3 heterocycles. The zero-order valence-corrected chi connectivity index (χ0v) is 17.7. The lowest BCUT2D eigenvalue weighted by Gasteiger charge is -2.17. The van der Waals surface area contributed by atoms with Gasteiger partial charge in [-0.15, -0.1) is 0 Å². The van der Waals surface area contributed by atoms with Crippen molar-refractivity contribution in [3.8, 4) is 22.5 Å². The molecule has 0 radical (unpaired) electrons. The third-order valence-electron chi connectivity index (χ3n) is 4.78. The van der Waals surface area contributed by atoms with E-state index in [1.807, 2.05) is 32.0 Å². The van der Waals surface area contributed by atoms with Crippen LogP contribution in [0.4, 0.5) is 16.2 Å². The van der Waals surface area contributed by atoms with E-state index < -0.39 is 0 Å². The van der Waals surface area contributed by atoms with E-state index in [1.165, 1.54) is 22.9 Å². The van der Waals surface area contributed by atoms with Crippen molar-refractivity contribution in [2.75, 3.05) is 11.1 Å². The van der Waals surface area contributed by atoms with Crippen LogP contribution in [0.2, 0.25) is 0 Å². The van der Waals surface area contributed by atoms with E-state index in [9.17, 15) is 9.18 Å². The summed E-state index contributed by atoms with van der Waals surface area (Å²) in [5.41, 5.74) is 8.76. The predicted molar refractivity (Wildman–Crippen MR) is 121 cm³/mol. The van der Waals surface area contributed by atoms with E-state index in [1.54, 1.807) is 24.4 Å². The Balaban J connectivity index is 1.90. The highest BCUT2D eigenvalue weighted by molar-refractivity contribution is 5.87. The topological polar surface area (TPSA) is 112 Å². The summed E-state index contributed by atoms with van der Waals surface area (Å²) in [6, 6.07) is 14.5. The minimum absolute atomic E-state index is 0.0498. The van der Waals surface area contributed by atoms with Crippen LogP contribution >= 0.6 is 0 Å². The molecule has 0 spiro atoms. The number of nitrogens with two attached hydrogens (primary N) is 1. The molecule has 3 aromatic heterocycles. The number of halogens is 1. The number of anilines is 2. The zero-order valence-electron chi connectivity index (χ0n) is 17.7. The Labute approximate surface area is 184 Å². The Kier molecular flexibility index (Phi) is 5.89. The molecule has 0 atom stereocenters. The molecular weight excluding hydrogens is 409 g/mol. The van der Waals surface area contributed by atoms with Crippen LogP contribution in [0.3, 0.4) is 0 Å². The molecule has 4 rings (SSSR count). The van der Waals surface area contributed by atoms with Crippen LogP contribution in [0.15, 0.2) is 65.6 Å². The molecule has 4 aromatic rings. The fraction of sp³-hybridized carbons (Fsp3) is 0.174. The number of nitrogens with one attached hydrogen (secondary N) is 1. The van der Waals surface area contributed by atoms with E-state index in [0.29, 0.717) is 34.9 Å². The first-order chi connectivity index (χ1) is 15.4. The number of hydrogen-bond acceptors (Lipinski definition) is 7. The molecule has 8 nitrogen and oxygen atoms in total. The standard InChI is InChI=1S/C23H22FN7O/c1-14(2)31-19(32)11-10-18(30-31)20-21(15-6-8-16(24)9-7-15)28-23(25)29-22(20)27-13-17-5-3-4-12-26-17/h3-12,14H,13H2,1-2H3,(H3,25,27,28,29). The second-order valence-corrected chi connectivity index (χ2v) is 7.43. The summed E-state index contributed by atoms with van der Waals surface area (Å²) < 4.78 is 14.9. The highest BCUT2D eigenvalue weighted by atomic mass is 19.1. The first-order valence-corrected chi connectivity index (χ1v) is 10.1. The third kappa shape index (κ3) is 4.46. The average Bonchev–Trinajstić information content (AvgIpc) is 2.79. The van der Waals surface area contributed by atoms with Crippen molar-refractivity contribution < 1.29 is 4.39 Å². The quantitative estimate of drug-likeness (QED) is 0.479. The molecule has 0 fully saturated rings. The maximum absolute atomic E-state index is 13.6. The number of rotatable bonds is 6. The number of benzene rings is 1. The van der Waals surface area contributed by atoms with Crippen molar-refractivity contribution in [3.63, 3.8) is 0 Å². The van der Waals surface area contributed by atoms with Crippen LogP contribution in [0.1, 0.15) is 25.6 Å². The Morgan fingerprint density at radius 2 is 1.84 bits per heavy atom. The van der Waals surface area contributed by atoms with Crippen LogP contribution in [-0.2, 0) is 6.54 Å². The van der Waals surface area contributed by atoms with Crippen LogP contribution in [0.25, 0.3) is 22.5 Å². The lowest BCUT2D eigenvalue weighted by Crippen LogP contribution is -2.24. The smallest absolute Gasteiger partial charge is 0.267 e. The van der Waals surface area contributed by atoms with Crippen molar-refractivity contribution in [2.24, 2.45) is 0 Å². The van der Waals surface area contributed by atoms with Crippen molar-refractivity contribution in [2.45, 2.75) is 26.4 Å². The second kappa shape index (κ2) is 8.93. The van der Waals surface area contributed by atoms with Crippen molar-refractivity contribution in [3.05, 3.63) is 82.7 Å². The minimum atomic E-state index is -0.364. The molecule has 0 aliphatic carbocycles. The van der Waals surface area contributed by atoms with Crippen LogP contribution in [0.5, 0.6) is 0 Å². The highest BCUT2D eigenvalue weighted by Gasteiger charge is 2.20. The number of nitrogen functional groups attached to an aromatic ring is 1.